The summed E-state index contributed by atoms with van der Waals surface area (Å²) in [4.78, 5) is 11.0. The molecule has 0 saturated heterocycles. The molecule has 0 bridgehead atoms. The second kappa shape index (κ2) is 9.67. The largest absolute Gasteiger partial charge is 0.466 e. The van der Waals surface area contributed by atoms with Crippen molar-refractivity contribution >= 4 is 36.9 Å². The van der Waals surface area contributed by atoms with Crippen LogP contribution in [0.2, 0.25) is 18.1 Å². The molecule has 0 amide bonds. The van der Waals surface area contributed by atoms with Crippen LogP contribution in [0.15, 0.2) is 34.0 Å². The molecule has 0 aromatic carbocycles. The lowest BCUT2D eigenvalue weighted by molar-refractivity contribution is -0.134. The molecule has 126 valence electrons. The van der Waals surface area contributed by atoms with Gasteiger partial charge in [0.1, 0.15) is 0 Å². The number of hydrogen-bond donors (Lipinski definition) is 0. The molecule has 3 nitrogen and oxygen atoms in total. The summed E-state index contributed by atoms with van der Waals surface area (Å²) in [5.74, 6) is -0.345. The van der Waals surface area contributed by atoms with E-state index in [9.17, 15) is 4.79 Å². The van der Waals surface area contributed by atoms with E-state index < -0.39 is 8.32 Å². The monoisotopic (exact) mass is 436 g/mol. The van der Waals surface area contributed by atoms with Crippen molar-refractivity contribution in [3.63, 3.8) is 0 Å². The molecule has 0 radical (unpaired) electrons. The van der Waals surface area contributed by atoms with E-state index in [0.29, 0.717) is 0 Å². The summed E-state index contributed by atoms with van der Waals surface area (Å²) in [7, 11) is -0.440. The number of carbonyl (C=O) groups excluding carboxylic acids is 1. The first-order chi connectivity index (χ1) is 10.0. The van der Waals surface area contributed by atoms with Crippen LogP contribution in [0.4, 0.5) is 0 Å². The Bertz CT molecular complexity index is 445. The Hall–Kier alpha value is -0.403. The van der Waals surface area contributed by atoms with Gasteiger partial charge in [-0.25, -0.2) is 4.79 Å². The smallest absolute Gasteiger partial charge is 0.330 e. The minimum atomic E-state index is -1.81. The first kappa shape index (κ1) is 21.6. The van der Waals surface area contributed by atoms with Crippen LogP contribution in [0, 0.1) is 0 Å². The molecule has 0 aliphatic rings. The van der Waals surface area contributed by atoms with Gasteiger partial charge in [0.05, 0.1) is 13.2 Å². The molecule has 0 spiro atoms. The zero-order valence-corrected chi connectivity index (χ0v) is 17.9. The standard InChI is InChI=1S/C17H29IO3Si/c1-14(13-18)15(21-22(6,7)17(2,3)4)11-9-8-10-12-16(19)20-5/h8-10,12-13,15H,11H2,1-7H3/b9-8+,12-10+,14-13+/t15-/m0/s1. The van der Waals surface area contributed by atoms with Gasteiger partial charge in [0.25, 0.3) is 0 Å². The number of rotatable bonds is 7. The van der Waals surface area contributed by atoms with E-state index in [-0.39, 0.29) is 17.1 Å². The van der Waals surface area contributed by atoms with Crippen LogP contribution in [0.25, 0.3) is 0 Å². The third-order valence-electron chi connectivity index (χ3n) is 3.95. The Morgan fingerprint density at radius 2 is 1.86 bits per heavy atom. The van der Waals surface area contributed by atoms with Crippen LogP contribution in [0.5, 0.6) is 0 Å². The van der Waals surface area contributed by atoms with Crippen molar-refractivity contribution in [3.8, 4) is 0 Å². The summed E-state index contributed by atoms with van der Waals surface area (Å²) < 4.78 is 13.1. The van der Waals surface area contributed by atoms with Gasteiger partial charge in [-0.3, -0.25) is 0 Å². The van der Waals surface area contributed by atoms with Gasteiger partial charge in [0.15, 0.2) is 8.32 Å². The van der Waals surface area contributed by atoms with E-state index in [4.69, 9.17) is 4.43 Å². The van der Waals surface area contributed by atoms with Gasteiger partial charge in [-0.1, -0.05) is 61.6 Å². The highest BCUT2D eigenvalue weighted by molar-refractivity contribution is 14.1. The summed E-state index contributed by atoms with van der Waals surface area (Å²) in [6, 6.07) is 0. The predicted octanol–water partition coefficient (Wildman–Crippen LogP) is 5.39. The van der Waals surface area contributed by atoms with Crippen LogP contribution in [0.1, 0.15) is 34.1 Å². The normalized spacial score (nSPS) is 15.5. The van der Waals surface area contributed by atoms with Crippen molar-refractivity contribution in [3.05, 3.63) is 34.0 Å². The fraction of sp³-hybridized carbons (Fsp3) is 0.588. The third kappa shape index (κ3) is 7.74. The molecule has 22 heavy (non-hydrogen) atoms. The maximum absolute atomic E-state index is 11.0. The Balaban J connectivity index is 4.86. The minimum absolute atomic E-state index is 0.0839. The summed E-state index contributed by atoms with van der Waals surface area (Å²) in [5, 5.41) is 0.186. The van der Waals surface area contributed by atoms with Crippen molar-refractivity contribution in [2.45, 2.75) is 58.4 Å². The maximum Gasteiger partial charge on any atom is 0.330 e. The van der Waals surface area contributed by atoms with Crippen LogP contribution < -0.4 is 0 Å². The summed E-state index contributed by atoms with van der Waals surface area (Å²) in [6.45, 7) is 13.4. The molecular formula is C17H29IO3Si. The van der Waals surface area contributed by atoms with Gasteiger partial charge in [-0.05, 0) is 41.1 Å². The van der Waals surface area contributed by atoms with Crippen molar-refractivity contribution in [2.75, 3.05) is 7.11 Å². The quantitative estimate of drug-likeness (QED) is 0.177. The van der Waals surface area contributed by atoms with Crippen molar-refractivity contribution in [2.24, 2.45) is 0 Å². The van der Waals surface area contributed by atoms with Crippen LogP contribution in [0.3, 0.4) is 0 Å². The summed E-state index contributed by atoms with van der Waals surface area (Å²) >= 11 is 2.26. The average Bonchev–Trinajstić information content (AvgIpc) is 2.43. The number of halogens is 1. The van der Waals surface area contributed by atoms with Crippen LogP contribution >= 0.6 is 22.6 Å². The Labute approximate surface area is 150 Å². The molecule has 1 atom stereocenters. The first-order valence-corrected chi connectivity index (χ1v) is 11.6. The van der Waals surface area contributed by atoms with Gasteiger partial charge in [0.2, 0.25) is 0 Å². The number of methoxy groups -OCH3 is 1. The molecule has 0 aromatic rings. The Morgan fingerprint density at radius 1 is 1.27 bits per heavy atom. The first-order valence-electron chi connectivity index (χ1n) is 7.41. The molecule has 0 N–H and O–H groups in total. The van der Waals surface area contributed by atoms with E-state index in [1.165, 1.54) is 18.8 Å². The predicted molar refractivity (Wildman–Crippen MR) is 105 cm³/mol. The molecule has 0 unspecified atom stereocenters. The van der Waals surface area contributed by atoms with Crippen LogP contribution in [-0.2, 0) is 14.0 Å². The highest BCUT2D eigenvalue weighted by atomic mass is 127. The molecular weight excluding hydrogens is 407 g/mol. The van der Waals surface area contributed by atoms with Gasteiger partial charge < -0.3 is 9.16 Å². The molecule has 0 saturated carbocycles. The zero-order valence-electron chi connectivity index (χ0n) is 14.8. The molecule has 0 rings (SSSR count). The highest BCUT2D eigenvalue weighted by Gasteiger charge is 2.39. The summed E-state index contributed by atoms with van der Waals surface area (Å²) in [6.07, 6.45) is 7.86. The van der Waals surface area contributed by atoms with Crippen LogP contribution in [-0.4, -0.2) is 27.5 Å². The second-order valence-corrected chi connectivity index (χ2v) is 12.1. The Morgan fingerprint density at radius 3 is 2.32 bits per heavy atom. The number of allylic oxidation sites excluding steroid dienone is 2. The number of hydrogen-bond acceptors (Lipinski definition) is 3. The molecule has 0 fully saturated rings. The Kier molecular flexibility index (Phi) is 9.50. The lowest BCUT2D eigenvalue weighted by atomic mass is 10.1. The van der Waals surface area contributed by atoms with Gasteiger partial charge in [-0.2, -0.15) is 0 Å². The number of ether oxygens (including phenoxy) is 1. The van der Waals surface area contributed by atoms with Crippen molar-refractivity contribution in [1.29, 1.82) is 0 Å². The number of carbonyl (C=O) groups is 1. The average molecular weight is 436 g/mol. The van der Waals surface area contributed by atoms with E-state index in [2.05, 4.69) is 72.2 Å². The molecule has 0 aromatic heterocycles. The van der Waals surface area contributed by atoms with E-state index >= 15 is 0 Å². The fourth-order valence-electron chi connectivity index (χ4n) is 1.41. The van der Waals surface area contributed by atoms with Crippen molar-refractivity contribution < 1.29 is 14.0 Å². The van der Waals surface area contributed by atoms with E-state index in [0.717, 1.165) is 6.42 Å². The third-order valence-corrected chi connectivity index (χ3v) is 9.42. The van der Waals surface area contributed by atoms with Crippen molar-refractivity contribution in [1.82, 2.24) is 0 Å². The number of esters is 1. The topological polar surface area (TPSA) is 35.5 Å². The highest BCUT2D eigenvalue weighted by Crippen LogP contribution is 2.38. The summed E-state index contributed by atoms with van der Waals surface area (Å²) in [5.41, 5.74) is 1.23. The van der Waals surface area contributed by atoms with E-state index in [1.54, 1.807) is 6.08 Å². The van der Waals surface area contributed by atoms with Gasteiger partial charge in [-0.15, -0.1) is 0 Å². The molecule has 0 aliphatic heterocycles. The fourth-order valence-corrected chi connectivity index (χ4v) is 3.16. The zero-order chi connectivity index (χ0) is 17.4. The molecule has 5 heteroatoms. The minimum Gasteiger partial charge on any atom is -0.466 e. The van der Waals surface area contributed by atoms with Gasteiger partial charge >= 0.3 is 5.97 Å². The molecule has 0 heterocycles. The lowest BCUT2D eigenvalue weighted by Gasteiger charge is -2.39. The second-order valence-electron chi connectivity index (χ2n) is 6.77. The SMILES string of the molecule is COC(=O)/C=C/C=C/C[C@H](O[Si](C)(C)C(C)(C)C)/C(C)=C/I. The van der Waals surface area contributed by atoms with Gasteiger partial charge in [0, 0.05) is 6.08 Å². The lowest BCUT2D eigenvalue weighted by Crippen LogP contribution is -2.44. The van der Waals surface area contributed by atoms with E-state index in [1.807, 2.05) is 12.2 Å². The maximum atomic E-state index is 11.0. The molecule has 0 aliphatic carbocycles.